The molecule has 1 N–H and O–H groups in total. The Morgan fingerprint density at radius 1 is 1.18 bits per heavy atom. The molecule has 1 saturated carbocycles. The summed E-state index contributed by atoms with van der Waals surface area (Å²) in [4.78, 5) is 2.60. The second-order valence-corrected chi connectivity index (χ2v) is 5.97. The second kappa shape index (κ2) is 6.75. The third-order valence-corrected chi connectivity index (χ3v) is 4.68. The molecule has 1 rings (SSSR count). The summed E-state index contributed by atoms with van der Waals surface area (Å²) in [5.74, 6) is 0.980. The smallest absolute Gasteiger partial charge is 0.0306 e. The normalized spacial score (nSPS) is 19.4. The van der Waals surface area contributed by atoms with Crippen LogP contribution in [0.3, 0.4) is 0 Å². The van der Waals surface area contributed by atoms with Crippen LogP contribution in [-0.2, 0) is 0 Å². The van der Waals surface area contributed by atoms with Gasteiger partial charge in [0.15, 0.2) is 0 Å². The van der Waals surface area contributed by atoms with E-state index in [9.17, 15) is 0 Å². The molecule has 0 aromatic carbocycles. The summed E-state index contributed by atoms with van der Waals surface area (Å²) in [5.41, 5.74) is 0.273. The first-order valence-electron chi connectivity index (χ1n) is 7.54. The van der Waals surface area contributed by atoms with Crippen LogP contribution >= 0.6 is 0 Å². The average Bonchev–Trinajstić information content (AvgIpc) is 2.22. The third kappa shape index (κ3) is 3.69. The first-order valence-corrected chi connectivity index (χ1v) is 7.54. The Morgan fingerprint density at radius 2 is 1.76 bits per heavy atom. The van der Waals surface area contributed by atoms with E-state index in [0.29, 0.717) is 6.04 Å². The molecule has 0 amide bonds. The highest BCUT2D eigenvalue weighted by atomic mass is 15.2. The lowest BCUT2D eigenvalue weighted by molar-refractivity contribution is 0.0725. The van der Waals surface area contributed by atoms with Crippen molar-refractivity contribution >= 4 is 0 Å². The van der Waals surface area contributed by atoms with Gasteiger partial charge in [-0.05, 0) is 45.8 Å². The molecule has 0 radical (unpaired) electrons. The fourth-order valence-electron chi connectivity index (χ4n) is 3.19. The molecule has 0 aliphatic heterocycles. The third-order valence-electron chi connectivity index (χ3n) is 4.68. The maximum atomic E-state index is 3.73. The molecule has 2 heteroatoms. The van der Waals surface area contributed by atoms with Gasteiger partial charge in [-0.3, -0.25) is 4.90 Å². The van der Waals surface area contributed by atoms with Gasteiger partial charge in [0.25, 0.3) is 0 Å². The van der Waals surface area contributed by atoms with E-state index in [1.54, 1.807) is 0 Å². The summed E-state index contributed by atoms with van der Waals surface area (Å²) in [5, 5.41) is 3.73. The minimum atomic E-state index is 0.273. The fraction of sp³-hybridized carbons (Fsp3) is 1.00. The van der Waals surface area contributed by atoms with Gasteiger partial charge >= 0.3 is 0 Å². The van der Waals surface area contributed by atoms with Crippen LogP contribution in [0.15, 0.2) is 0 Å². The Hall–Kier alpha value is -0.0800. The number of rotatable bonds is 8. The van der Waals surface area contributed by atoms with Gasteiger partial charge in [-0.1, -0.05) is 40.0 Å². The van der Waals surface area contributed by atoms with Crippen molar-refractivity contribution in [3.05, 3.63) is 0 Å². The Labute approximate surface area is 108 Å². The molecular weight excluding hydrogens is 208 g/mol. The molecule has 1 fully saturated rings. The van der Waals surface area contributed by atoms with Crippen LogP contribution < -0.4 is 5.32 Å². The molecule has 0 aromatic heterocycles. The van der Waals surface area contributed by atoms with Gasteiger partial charge in [-0.2, -0.15) is 0 Å². The van der Waals surface area contributed by atoms with Crippen LogP contribution in [0.5, 0.6) is 0 Å². The molecule has 0 heterocycles. The van der Waals surface area contributed by atoms with Gasteiger partial charge < -0.3 is 5.32 Å². The van der Waals surface area contributed by atoms with Crippen molar-refractivity contribution in [2.45, 2.75) is 71.9 Å². The van der Waals surface area contributed by atoms with E-state index in [2.05, 4.69) is 44.8 Å². The molecule has 1 aliphatic carbocycles. The predicted molar refractivity (Wildman–Crippen MR) is 76.4 cm³/mol. The molecule has 0 bridgehead atoms. The largest absolute Gasteiger partial charge is 0.312 e. The first kappa shape index (κ1) is 15.0. The average molecular weight is 240 g/mol. The van der Waals surface area contributed by atoms with E-state index in [0.717, 1.165) is 25.6 Å². The quantitative estimate of drug-likeness (QED) is 0.700. The Kier molecular flexibility index (Phi) is 5.94. The van der Waals surface area contributed by atoms with Crippen LogP contribution in [0.4, 0.5) is 0 Å². The first-order chi connectivity index (χ1) is 8.06. The highest BCUT2D eigenvalue weighted by Gasteiger charge is 2.35. The number of hydrogen-bond acceptors (Lipinski definition) is 2. The number of nitrogens with zero attached hydrogens (tertiary/aromatic N) is 1. The van der Waals surface area contributed by atoms with Crippen LogP contribution in [0.25, 0.3) is 0 Å². The summed E-state index contributed by atoms with van der Waals surface area (Å²) < 4.78 is 0. The van der Waals surface area contributed by atoms with Gasteiger partial charge in [0, 0.05) is 11.6 Å². The van der Waals surface area contributed by atoms with Gasteiger partial charge in [0.2, 0.25) is 0 Å². The zero-order chi connectivity index (χ0) is 12.9. The highest BCUT2D eigenvalue weighted by Crippen LogP contribution is 2.34. The van der Waals surface area contributed by atoms with Crippen LogP contribution in [0, 0.1) is 5.92 Å². The Morgan fingerprint density at radius 3 is 2.12 bits per heavy atom. The molecule has 1 atom stereocenters. The topological polar surface area (TPSA) is 15.3 Å². The van der Waals surface area contributed by atoms with Gasteiger partial charge in [0.1, 0.15) is 0 Å². The second-order valence-electron chi connectivity index (χ2n) is 5.97. The van der Waals surface area contributed by atoms with Crippen LogP contribution in [0.1, 0.15) is 60.3 Å². The molecular formula is C15H32N2. The summed E-state index contributed by atoms with van der Waals surface area (Å²) in [6.45, 7) is 15.0. The van der Waals surface area contributed by atoms with Crippen molar-refractivity contribution in [3.63, 3.8) is 0 Å². The van der Waals surface area contributed by atoms with E-state index in [1.807, 2.05) is 0 Å². The van der Waals surface area contributed by atoms with E-state index >= 15 is 0 Å². The van der Waals surface area contributed by atoms with Crippen LogP contribution in [0.2, 0.25) is 0 Å². The van der Waals surface area contributed by atoms with E-state index in [1.165, 1.54) is 25.7 Å². The van der Waals surface area contributed by atoms with E-state index in [4.69, 9.17) is 0 Å². The Bertz CT molecular complexity index is 205. The van der Waals surface area contributed by atoms with Crippen LogP contribution in [-0.4, -0.2) is 36.1 Å². The Balaban J connectivity index is 2.64. The zero-order valence-corrected chi connectivity index (χ0v) is 12.6. The zero-order valence-electron chi connectivity index (χ0n) is 12.6. The van der Waals surface area contributed by atoms with Crippen molar-refractivity contribution < 1.29 is 0 Å². The maximum absolute atomic E-state index is 3.73. The maximum Gasteiger partial charge on any atom is 0.0306 e. The molecule has 2 nitrogen and oxygen atoms in total. The monoisotopic (exact) mass is 240 g/mol. The van der Waals surface area contributed by atoms with Crippen molar-refractivity contribution in [2.24, 2.45) is 5.92 Å². The molecule has 0 saturated heterocycles. The molecule has 17 heavy (non-hydrogen) atoms. The van der Waals surface area contributed by atoms with Gasteiger partial charge in [-0.25, -0.2) is 0 Å². The minimum Gasteiger partial charge on any atom is -0.312 e. The summed E-state index contributed by atoms with van der Waals surface area (Å²) in [6, 6.07) is 0.637. The SMILES string of the molecule is CCNC(CC1CCC1)C(C)(C)N(CC)CC. The van der Waals surface area contributed by atoms with Crippen molar-refractivity contribution in [3.8, 4) is 0 Å². The molecule has 102 valence electrons. The van der Waals surface area contributed by atoms with Gasteiger partial charge in [-0.15, -0.1) is 0 Å². The van der Waals surface area contributed by atoms with Crippen molar-refractivity contribution in [2.75, 3.05) is 19.6 Å². The number of hydrogen-bond donors (Lipinski definition) is 1. The number of likely N-dealkylation sites (N-methyl/N-ethyl adjacent to an activating group) is 2. The summed E-state index contributed by atoms with van der Waals surface area (Å²) >= 11 is 0. The standard InChI is InChI=1S/C15H32N2/c1-6-16-14(12-13-10-9-11-13)15(4,5)17(7-2)8-3/h13-14,16H,6-12H2,1-5H3. The molecule has 0 aromatic rings. The molecule has 0 spiro atoms. The fourth-order valence-corrected chi connectivity index (χ4v) is 3.19. The lowest BCUT2D eigenvalue weighted by Gasteiger charge is -2.46. The predicted octanol–water partition coefficient (Wildman–Crippen LogP) is 3.28. The lowest BCUT2D eigenvalue weighted by Crippen LogP contribution is -2.58. The van der Waals surface area contributed by atoms with E-state index in [-0.39, 0.29) is 5.54 Å². The highest BCUT2D eigenvalue weighted by molar-refractivity contribution is 4.95. The van der Waals surface area contributed by atoms with E-state index < -0.39 is 0 Å². The molecule has 1 aliphatic rings. The van der Waals surface area contributed by atoms with Crippen molar-refractivity contribution in [1.82, 2.24) is 10.2 Å². The summed E-state index contributed by atoms with van der Waals surface area (Å²) in [6.07, 6.45) is 5.72. The number of nitrogens with one attached hydrogen (secondary N) is 1. The minimum absolute atomic E-state index is 0.273. The molecule has 1 unspecified atom stereocenters. The summed E-state index contributed by atoms with van der Waals surface area (Å²) in [7, 11) is 0. The lowest BCUT2D eigenvalue weighted by atomic mass is 9.76. The van der Waals surface area contributed by atoms with Gasteiger partial charge in [0.05, 0.1) is 0 Å². The van der Waals surface area contributed by atoms with Crippen molar-refractivity contribution in [1.29, 1.82) is 0 Å².